The van der Waals surface area contributed by atoms with Crippen LogP contribution in [0.4, 0.5) is 0 Å². The van der Waals surface area contributed by atoms with Gasteiger partial charge >= 0.3 is 0 Å². The van der Waals surface area contributed by atoms with Crippen LogP contribution in [-0.4, -0.2) is 36.8 Å². The minimum absolute atomic E-state index is 0.0441. The smallest absolute Gasteiger partial charge is 0.285 e. The van der Waals surface area contributed by atoms with Crippen LogP contribution in [0.1, 0.15) is 29.0 Å². The highest BCUT2D eigenvalue weighted by Gasteiger charge is 2.29. The molecule has 11 heteroatoms. The van der Waals surface area contributed by atoms with Gasteiger partial charge < -0.3 is 5.73 Å². The number of aliphatic imine (C=N–C) groups is 1. The molecule has 3 aromatic carbocycles. The van der Waals surface area contributed by atoms with E-state index in [4.69, 9.17) is 27.7 Å². The van der Waals surface area contributed by atoms with E-state index in [-0.39, 0.29) is 21.9 Å². The Morgan fingerprint density at radius 2 is 1.75 bits per heavy atom. The number of guanidine groups is 1. The molecule has 0 saturated carbocycles. The number of thiol groups is 1. The van der Waals surface area contributed by atoms with Crippen LogP contribution < -0.4 is 5.73 Å². The average Bonchev–Trinajstić information content (AvgIpc) is 2.88. The van der Waals surface area contributed by atoms with Gasteiger partial charge in [-0.15, -0.1) is 17.0 Å². The molecule has 182 valence electrons. The molecule has 1 aliphatic heterocycles. The van der Waals surface area contributed by atoms with Crippen molar-refractivity contribution in [3.8, 4) is 6.07 Å². The van der Waals surface area contributed by atoms with Crippen molar-refractivity contribution in [1.82, 2.24) is 5.01 Å². The van der Waals surface area contributed by atoms with E-state index in [1.807, 2.05) is 48.5 Å². The highest BCUT2D eigenvalue weighted by Crippen LogP contribution is 2.30. The van der Waals surface area contributed by atoms with Gasteiger partial charge in [-0.25, -0.2) is 5.01 Å². The normalized spacial score (nSPS) is 16.9. The number of benzene rings is 3. The van der Waals surface area contributed by atoms with Gasteiger partial charge in [0.25, 0.3) is 16.0 Å². The fraction of sp³-hybridized carbons (Fsp3) is 0.120. The summed E-state index contributed by atoms with van der Waals surface area (Å²) in [6.07, 6.45) is 0.614. The molecule has 36 heavy (non-hydrogen) atoms. The van der Waals surface area contributed by atoms with Crippen molar-refractivity contribution in [2.24, 2.45) is 20.2 Å². The lowest BCUT2D eigenvalue weighted by Crippen LogP contribution is -2.36. The van der Waals surface area contributed by atoms with E-state index < -0.39 is 10.0 Å². The van der Waals surface area contributed by atoms with Crippen LogP contribution in [0.3, 0.4) is 0 Å². The third kappa shape index (κ3) is 5.94. The van der Waals surface area contributed by atoms with Crippen molar-refractivity contribution in [3.05, 3.63) is 101 Å². The van der Waals surface area contributed by atoms with Gasteiger partial charge in [-0.2, -0.15) is 23.8 Å². The number of nitrogens with zero attached hydrogens (tertiary/aromatic N) is 5. The molecule has 1 heterocycles. The van der Waals surface area contributed by atoms with Gasteiger partial charge in [0.05, 0.1) is 22.2 Å². The maximum atomic E-state index is 13.0. The molecular weight excluding hydrogens is 516 g/mol. The Balaban J connectivity index is 1.80. The lowest BCUT2D eigenvalue weighted by Gasteiger charge is -2.30. The van der Waals surface area contributed by atoms with Crippen LogP contribution in [0.15, 0.2) is 98.2 Å². The summed E-state index contributed by atoms with van der Waals surface area (Å²) in [7, 11) is -4.18. The van der Waals surface area contributed by atoms with Gasteiger partial charge in [0.2, 0.25) is 0 Å². The predicted molar refractivity (Wildman–Crippen MR) is 145 cm³/mol. The average molecular weight is 537 g/mol. The number of hydrazone groups is 1. The molecule has 0 aromatic heterocycles. The van der Waals surface area contributed by atoms with E-state index in [0.717, 1.165) is 11.1 Å². The summed E-state index contributed by atoms with van der Waals surface area (Å²) in [6.45, 7) is 0.336. The van der Waals surface area contributed by atoms with E-state index >= 15 is 0 Å². The van der Waals surface area contributed by atoms with E-state index in [9.17, 15) is 8.42 Å². The fourth-order valence-electron chi connectivity index (χ4n) is 3.76. The molecule has 3 aromatic rings. The van der Waals surface area contributed by atoms with Crippen molar-refractivity contribution < 1.29 is 8.42 Å². The Hall–Kier alpha value is -3.65. The number of amidine groups is 1. The topological polar surface area (TPSA) is 124 Å². The Bertz CT molecular complexity index is 1480. The molecule has 0 spiro atoms. The fourth-order valence-corrected chi connectivity index (χ4v) is 4.91. The van der Waals surface area contributed by atoms with Crippen LogP contribution >= 0.6 is 24.2 Å². The van der Waals surface area contributed by atoms with Crippen LogP contribution in [0, 0.1) is 11.3 Å². The number of rotatable bonds is 4. The third-order valence-electron chi connectivity index (χ3n) is 5.46. The van der Waals surface area contributed by atoms with E-state index in [1.165, 1.54) is 29.3 Å². The third-order valence-corrected chi connectivity index (χ3v) is 7.08. The van der Waals surface area contributed by atoms with Crippen molar-refractivity contribution in [3.63, 3.8) is 0 Å². The summed E-state index contributed by atoms with van der Waals surface area (Å²) in [4.78, 5) is 3.97. The number of halogens is 1. The van der Waals surface area contributed by atoms with Gasteiger partial charge in [-0.3, -0.25) is 0 Å². The molecule has 4 rings (SSSR count). The molecule has 0 fully saturated rings. The molecule has 1 unspecified atom stereocenters. The highest BCUT2D eigenvalue weighted by molar-refractivity contribution is 7.96. The lowest BCUT2D eigenvalue weighted by atomic mass is 9.86. The van der Waals surface area contributed by atoms with Crippen LogP contribution in [0.25, 0.3) is 0 Å². The minimum atomic E-state index is -4.18. The van der Waals surface area contributed by atoms with Crippen LogP contribution in [0.2, 0.25) is 5.02 Å². The quantitative estimate of drug-likeness (QED) is 0.290. The minimum Gasteiger partial charge on any atom is -0.378 e. The largest absolute Gasteiger partial charge is 0.378 e. The number of hydrogen-bond acceptors (Lipinski definition) is 4. The van der Waals surface area contributed by atoms with Crippen LogP contribution in [0.5, 0.6) is 0 Å². The molecule has 0 radical (unpaired) electrons. The van der Waals surface area contributed by atoms with E-state index in [2.05, 4.69) is 22.0 Å². The SMILES string of the molecule is N#Cc1ccc(S(=O)(=O)/N=C(/N=C(N)S)N2CCC(c3ccccc3)C(c3ccc(Cl)cc3)=N2)cc1. The maximum absolute atomic E-state index is 13.0. The van der Waals surface area contributed by atoms with E-state index in [0.29, 0.717) is 29.3 Å². The van der Waals surface area contributed by atoms with Crippen molar-refractivity contribution in [2.45, 2.75) is 17.2 Å². The Morgan fingerprint density at radius 3 is 2.36 bits per heavy atom. The molecule has 0 saturated heterocycles. The van der Waals surface area contributed by atoms with E-state index in [1.54, 1.807) is 12.1 Å². The summed E-state index contributed by atoms with van der Waals surface area (Å²) in [5, 5.41) is 15.6. The number of nitrogens with two attached hydrogens (primary N) is 1. The zero-order chi connectivity index (χ0) is 25.7. The Morgan fingerprint density at radius 1 is 1.08 bits per heavy atom. The van der Waals surface area contributed by atoms with Gasteiger partial charge in [-0.1, -0.05) is 54.1 Å². The summed E-state index contributed by atoms with van der Waals surface area (Å²) in [5.74, 6) is -0.262. The van der Waals surface area contributed by atoms with Crippen molar-refractivity contribution >= 4 is 51.1 Å². The van der Waals surface area contributed by atoms with Gasteiger partial charge in [-0.05, 0) is 53.9 Å². The Kier molecular flexibility index (Phi) is 7.74. The summed E-state index contributed by atoms with van der Waals surface area (Å²) >= 11 is 10.1. The summed E-state index contributed by atoms with van der Waals surface area (Å²) < 4.78 is 30.0. The first kappa shape index (κ1) is 25.4. The molecule has 0 aliphatic carbocycles. The Labute approximate surface area is 219 Å². The molecule has 0 amide bonds. The number of hydrogen-bond donors (Lipinski definition) is 2. The molecule has 8 nitrogen and oxygen atoms in total. The number of nitriles is 1. The zero-order valence-corrected chi connectivity index (χ0v) is 21.3. The second-order valence-electron chi connectivity index (χ2n) is 7.84. The monoisotopic (exact) mass is 536 g/mol. The molecule has 0 bridgehead atoms. The van der Waals surface area contributed by atoms with Gasteiger partial charge in [0.15, 0.2) is 5.17 Å². The molecule has 1 atom stereocenters. The molecular formula is C25H21ClN6O2S2. The highest BCUT2D eigenvalue weighted by atomic mass is 35.5. The maximum Gasteiger partial charge on any atom is 0.285 e. The van der Waals surface area contributed by atoms with Crippen molar-refractivity contribution in [1.29, 1.82) is 5.26 Å². The van der Waals surface area contributed by atoms with Gasteiger partial charge in [0, 0.05) is 17.5 Å². The summed E-state index contributed by atoms with van der Waals surface area (Å²) in [6, 6.07) is 24.6. The first-order chi connectivity index (χ1) is 17.3. The second kappa shape index (κ2) is 11.0. The standard InChI is InChI=1S/C25H21ClN6O2S2/c26-20-10-8-19(9-11-20)23-22(18-4-2-1-3-5-18)14-15-32(30-23)25(29-24(28)35)31-36(33,34)21-12-6-17(16-27)7-13-21/h1-13,22H,14-15H2,(H3,28,29,31,35). The van der Waals surface area contributed by atoms with Gasteiger partial charge in [0.1, 0.15) is 0 Å². The molecule has 2 N–H and O–H groups in total. The summed E-state index contributed by atoms with van der Waals surface area (Å²) in [5.41, 5.74) is 8.63. The first-order valence-electron chi connectivity index (χ1n) is 10.8. The zero-order valence-electron chi connectivity index (χ0n) is 18.9. The number of sulfonamides is 1. The van der Waals surface area contributed by atoms with Crippen LogP contribution in [-0.2, 0) is 10.0 Å². The van der Waals surface area contributed by atoms with Crippen molar-refractivity contribution in [2.75, 3.05) is 6.54 Å². The second-order valence-corrected chi connectivity index (χ2v) is 10.3. The first-order valence-corrected chi connectivity index (χ1v) is 13.1. The predicted octanol–water partition coefficient (Wildman–Crippen LogP) is 4.39. The lowest BCUT2D eigenvalue weighted by molar-refractivity contribution is 0.400. The molecule has 1 aliphatic rings.